The lowest BCUT2D eigenvalue weighted by atomic mass is 9.84. The molecule has 0 bridgehead atoms. The Morgan fingerprint density at radius 3 is 2.34 bits per heavy atom. The molecule has 2 rings (SSSR count). The van der Waals surface area contributed by atoms with Gasteiger partial charge in [-0.15, -0.1) is 0 Å². The van der Waals surface area contributed by atoms with Crippen LogP contribution in [0.15, 0.2) is 4.99 Å². The van der Waals surface area contributed by atoms with E-state index in [9.17, 15) is 9.59 Å². The highest BCUT2D eigenvalue weighted by Gasteiger charge is 2.42. The number of likely N-dealkylation sites (tertiary alicyclic amines) is 1. The Balaban J connectivity index is 2.04. The third kappa shape index (κ3) is 6.32. The number of aliphatic imine (C=N–C) groups is 1. The summed E-state index contributed by atoms with van der Waals surface area (Å²) in [4.78, 5) is 35.1. The molecule has 2 N–H and O–H groups in total. The number of guanidine groups is 1. The fourth-order valence-corrected chi connectivity index (χ4v) is 4.46. The van der Waals surface area contributed by atoms with Crippen molar-refractivity contribution in [3.05, 3.63) is 0 Å². The van der Waals surface area contributed by atoms with Gasteiger partial charge in [-0.3, -0.25) is 14.5 Å². The lowest BCUT2D eigenvalue weighted by Gasteiger charge is -2.32. The Hall–Kier alpha value is -1.83. The first-order chi connectivity index (χ1) is 13.8. The third-order valence-electron chi connectivity index (χ3n) is 6.30. The first-order valence-corrected chi connectivity index (χ1v) is 11.0. The second-order valence-corrected chi connectivity index (χ2v) is 8.80. The van der Waals surface area contributed by atoms with Gasteiger partial charge >= 0.3 is 0 Å². The van der Waals surface area contributed by atoms with Gasteiger partial charge in [-0.25, -0.2) is 4.99 Å². The Morgan fingerprint density at radius 2 is 1.76 bits per heavy atom. The molecule has 2 fully saturated rings. The van der Waals surface area contributed by atoms with Gasteiger partial charge in [0.2, 0.25) is 11.8 Å². The predicted molar refractivity (Wildman–Crippen MR) is 117 cm³/mol. The molecule has 1 aliphatic heterocycles. The fourth-order valence-electron chi connectivity index (χ4n) is 4.46. The first kappa shape index (κ1) is 23.4. The molecule has 1 aliphatic carbocycles. The molecule has 0 spiro atoms. The zero-order valence-corrected chi connectivity index (χ0v) is 19.0. The van der Waals surface area contributed by atoms with E-state index >= 15 is 0 Å². The molecule has 1 saturated carbocycles. The van der Waals surface area contributed by atoms with Gasteiger partial charge in [0.25, 0.3) is 0 Å². The number of carbonyl (C=O) groups excluding carboxylic acids is 2. The maximum absolute atomic E-state index is 12.8. The molecule has 2 aliphatic rings. The number of nitrogens with one attached hydrogen (secondary N) is 2. The lowest BCUT2D eigenvalue weighted by molar-refractivity contribution is -0.138. The van der Waals surface area contributed by atoms with Crippen LogP contribution in [-0.4, -0.2) is 99.4 Å². The molecule has 8 nitrogen and oxygen atoms in total. The minimum absolute atomic E-state index is 0.0397. The van der Waals surface area contributed by atoms with Crippen LogP contribution in [0, 0.1) is 5.41 Å². The topological polar surface area (TPSA) is 80.3 Å². The highest BCUT2D eigenvalue weighted by Crippen LogP contribution is 2.38. The van der Waals surface area contributed by atoms with E-state index in [4.69, 9.17) is 0 Å². The van der Waals surface area contributed by atoms with Crippen LogP contribution in [0.3, 0.4) is 0 Å². The minimum Gasteiger partial charge on any atom is -0.355 e. The van der Waals surface area contributed by atoms with Gasteiger partial charge < -0.3 is 20.4 Å². The number of hydrogen-bond acceptors (Lipinski definition) is 4. The van der Waals surface area contributed by atoms with E-state index in [0.29, 0.717) is 18.5 Å². The number of nitrogens with zero attached hydrogens (tertiary/aromatic N) is 4. The molecule has 2 amide bonds. The molecule has 1 unspecified atom stereocenters. The van der Waals surface area contributed by atoms with E-state index in [1.54, 1.807) is 23.9 Å². The highest BCUT2D eigenvalue weighted by atomic mass is 16.2. The smallest absolute Gasteiger partial charge is 0.243 e. The zero-order chi connectivity index (χ0) is 21.4. The summed E-state index contributed by atoms with van der Waals surface area (Å²) in [7, 11) is 7.12. The third-order valence-corrected chi connectivity index (χ3v) is 6.30. The Bertz CT molecular complexity index is 584. The van der Waals surface area contributed by atoms with Crippen molar-refractivity contribution in [2.24, 2.45) is 10.4 Å². The second kappa shape index (κ2) is 10.8. The number of likely N-dealkylation sites (N-methyl/N-ethyl adjacent to an activating group) is 2. The minimum atomic E-state index is -0.375. The van der Waals surface area contributed by atoms with E-state index in [-0.39, 0.29) is 23.8 Å². The van der Waals surface area contributed by atoms with Crippen molar-refractivity contribution in [2.45, 2.75) is 51.5 Å². The summed E-state index contributed by atoms with van der Waals surface area (Å²) in [5.41, 5.74) is -0.375. The van der Waals surface area contributed by atoms with Gasteiger partial charge in [0.1, 0.15) is 6.54 Å². The molecular weight excluding hydrogens is 368 g/mol. The SMILES string of the molecule is CCN1CCCC1CNC(=NCC(=O)N(C)C)NCC1(C(=O)N(C)C)CCCC1. The monoisotopic (exact) mass is 408 g/mol. The van der Waals surface area contributed by atoms with Crippen LogP contribution in [0.25, 0.3) is 0 Å². The number of hydrogen-bond donors (Lipinski definition) is 2. The summed E-state index contributed by atoms with van der Waals surface area (Å²) < 4.78 is 0. The molecular formula is C21H40N6O2. The van der Waals surface area contributed by atoms with Gasteiger partial charge in [-0.05, 0) is 38.8 Å². The van der Waals surface area contributed by atoms with E-state index < -0.39 is 0 Å². The van der Waals surface area contributed by atoms with Crippen molar-refractivity contribution < 1.29 is 9.59 Å². The van der Waals surface area contributed by atoms with Crippen LogP contribution in [0.2, 0.25) is 0 Å². The zero-order valence-electron chi connectivity index (χ0n) is 19.0. The molecule has 0 aromatic carbocycles. The molecule has 166 valence electrons. The molecule has 1 atom stereocenters. The molecule has 8 heteroatoms. The van der Waals surface area contributed by atoms with Gasteiger partial charge in [0.15, 0.2) is 5.96 Å². The maximum Gasteiger partial charge on any atom is 0.243 e. The van der Waals surface area contributed by atoms with Crippen LogP contribution >= 0.6 is 0 Å². The summed E-state index contributed by atoms with van der Waals surface area (Å²) in [6.45, 7) is 5.82. The van der Waals surface area contributed by atoms with Crippen LogP contribution in [0.1, 0.15) is 45.4 Å². The van der Waals surface area contributed by atoms with Gasteiger partial charge in [0, 0.05) is 47.3 Å². The molecule has 0 radical (unpaired) electrons. The van der Waals surface area contributed by atoms with Crippen molar-refractivity contribution >= 4 is 17.8 Å². The fraction of sp³-hybridized carbons (Fsp3) is 0.857. The van der Waals surface area contributed by atoms with Crippen molar-refractivity contribution in [3.63, 3.8) is 0 Å². The van der Waals surface area contributed by atoms with E-state index in [1.807, 2.05) is 14.1 Å². The highest BCUT2D eigenvalue weighted by molar-refractivity contribution is 5.86. The summed E-state index contributed by atoms with van der Waals surface area (Å²) in [5, 5.41) is 6.82. The van der Waals surface area contributed by atoms with Crippen molar-refractivity contribution in [2.75, 3.05) is 60.9 Å². The van der Waals surface area contributed by atoms with Crippen molar-refractivity contribution in [1.29, 1.82) is 0 Å². The summed E-state index contributed by atoms with van der Waals surface area (Å²) in [5.74, 6) is 0.766. The second-order valence-electron chi connectivity index (χ2n) is 8.80. The Morgan fingerprint density at radius 1 is 1.07 bits per heavy atom. The number of rotatable bonds is 8. The van der Waals surface area contributed by atoms with Crippen LogP contribution in [-0.2, 0) is 9.59 Å². The van der Waals surface area contributed by atoms with Gasteiger partial charge in [0.05, 0.1) is 5.41 Å². The summed E-state index contributed by atoms with van der Waals surface area (Å²) in [6.07, 6.45) is 6.34. The molecule has 0 aromatic heterocycles. The van der Waals surface area contributed by atoms with Crippen LogP contribution in [0.5, 0.6) is 0 Å². The maximum atomic E-state index is 12.8. The average Bonchev–Trinajstić information content (AvgIpc) is 3.36. The average molecular weight is 409 g/mol. The summed E-state index contributed by atoms with van der Waals surface area (Å²) >= 11 is 0. The molecule has 0 aromatic rings. The van der Waals surface area contributed by atoms with E-state index in [2.05, 4.69) is 27.4 Å². The van der Waals surface area contributed by atoms with E-state index in [1.165, 1.54) is 12.8 Å². The Labute approximate surface area is 176 Å². The van der Waals surface area contributed by atoms with Crippen molar-refractivity contribution in [1.82, 2.24) is 25.3 Å². The molecule has 29 heavy (non-hydrogen) atoms. The normalized spacial score (nSPS) is 21.8. The largest absolute Gasteiger partial charge is 0.355 e. The number of amides is 2. The molecule has 1 heterocycles. The first-order valence-electron chi connectivity index (χ1n) is 11.0. The van der Waals surface area contributed by atoms with Crippen LogP contribution < -0.4 is 10.6 Å². The van der Waals surface area contributed by atoms with Crippen molar-refractivity contribution in [3.8, 4) is 0 Å². The van der Waals surface area contributed by atoms with Crippen LogP contribution in [0.4, 0.5) is 0 Å². The van der Waals surface area contributed by atoms with E-state index in [0.717, 1.165) is 45.3 Å². The molecule has 1 saturated heterocycles. The van der Waals surface area contributed by atoms with Gasteiger partial charge in [-0.1, -0.05) is 19.8 Å². The standard InChI is InChI=1S/C21H40N6O2/c1-6-27-13-9-10-17(27)14-22-20(23-15-18(28)25(2)3)24-16-21(11-7-8-12-21)19(29)26(4)5/h17H,6-16H2,1-5H3,(H2,22,23,24). The summed E-state index contributed by atoms with van der Waals surface area (Å²) in [6, 6.07) is 0.486. The predicted octanol–water partition coefficient (Wildman–Crippen LogP) is 0.743. The Kier molecular flexibility index (Phi) is 8.74. The van der Waals surface area contributed by atoms with Gasteiger partial charge in [-0.2, -0.15) is 0 Å². The quantitative estimate of drug-likeness (QED) is 0.457. The lowest BCUT2D eigenvalue weighted by Crippen LogP contribution is -2.51. The number of carbonyl (C=O) groups is 2.